The molecule has 0 radical (unpaired) electrons. The second-order valence-corrected chi connectivity index (χ2v) is 9.45. The van der Waals surface area contributed by atoms with E-state index in [4.69, 9.17) is 9.15 Å². The van der Waals surface area contributed by atoms with Gasteiger partial charge in [0.05, 0.1) is 17.7 Å². The van der Waals surface area contributed by atoms with E-state index < -0.39 is 23.5 Å². The van der Waals surface area contributed by atoms with Gasteiger partial charge in [0.15, 0.2) is 11.5 Å². The lowest BCUT2D eigenvalue weighted by atomic mass is 9.94. The zero-order chi connectivity index (χ0) is 24.7. The van der Waals surface area contributed by atoms with Gasteiger partial charge in [-0.2, -0.15) is 0 Å². The maximum atomic E-state index is 13.7. The molecule has 35 heavy (non-hydrogen) atoms. The van der Waals surface area contributed by atoms with Crippen LogP contribution in [0.1, 0.15) is 36.0 Å². The van der Waals surface area contributed by atoms with Gasteiger partial charge in [-0.15, -0.1) is 0 Å². The highest BCUT2D eigenvalue weighted by molar-refractivity contribution is 9.10. The normalized spacial score (nSPS) is 15.9. The number of halogens is 1. The highest BCUT2D eigenvalue weighted by Crippen LogP contribution is 2.42. The number of rotatable bonds is 6. The minimum Gasteiger partial charge on any atom is -0.503 e. The minimum absolute atomic E-state index is 0.00364. The Morgan fingerprint density at radius 3 is 2.43 bits per heavy atom. The highest BCUT2D eigenvalue weighted by atomic mass is 79.9. The summed E-state index contributed by atoms with van der Waals surface area (Å²) in [6.45, 7) is 3.87. The van der Waals surface area contributed by atoms with E-state index in [1.165, 1.54) is 4.90 Å². The molecule has 0 bridgehead atoms. The van der Waals surface area contributed by atoms with E-state index in [9.17, 15) is 14.7 Å². The number of hydrogen-bond donors (Lipinski definition) is 1. The molecule has 0 fully saturated rings. The first kappa shape index (κ1) is 22.9. The molecule has 3 aromatic carbocycles. The second kappa shape index (κ2) is 9.07. The maximum absolute atomic E-state index is 13.7. The first-order valence-corrected chi connectivity index (χ1v) is 11.9. The van der Waals surface area contributed by atoms with Crippen LogP contribution in [0, 0.1) is 0 Å². The van der Waals surface area contributed by atoms with Crippen molar-refractivity contribution < 1.29 is 23.8 Å². The van der Waals surface area contributed by atoms with Crippen LogP contribution in [-0.4, -0.2) is 22.9 Å². The number of furan rings is 1. The Morgan fingerprint density at radius 2 is 1.74 bits per heavy atom. The van der Waals surface area contributed by atoms with Crippen LogP contribution in [0.25, 0.3) is 11.0 Å². The molecule has 0 aliphatic carbocycles. The van der Waals surface area contributed by atoms with Crippen molar-refractivity contribution in [1.29, 1.82) is 0 Å². The number of anilines is 1. The number of carbonyl (C=O) groups is 2. The first-order chi connectivity index (χ1) is 16.8. The van der Waals surface area contributed by atoms with Crippen molar-refractivity contribution in [3.63, 3.8) is 0 Å². The van der Waals surface area contributed by atoms with E-state index in [0.717, 1.165) is 9.86 Å². The van der Waals surface area contributed by atoms with Crippen LogP contribution in [0.15, 0.2) is 99.1 Å². The number of amides is 1. The average Bonchev–Trinajstić information content (AvgIpc) is 3.38. The number of fused-ring (bicyclic) bond motifs is 1. The lowest BCUT2D eigenvalue weighted by Crippen LogP contribution is -2.31. The lowest BCUT2D eigenvalue weighted by Gasteiger charge is -2.27. The fourth-order valence-corrected chi connectivity index (χ4v) is 4.65. The van der Waals surface area contributed by atoms with Gasteiger partial charge < -0.3 is 14.3 Å². The number of hydrogen-bond acceptors (Lipinski definition) is 5. The molecule has 1 amide bonds. The average molecular weight is 532 g/mol. The molecule has 5 rings (SSSR count). The number of ketones is 1. The summed E-state index contributed by atoms with van der Waals surface area (Å²) in [5.74, 6) is -1.07. The quantitative estimate of drug-likeness (QED) is 0.278. The van der Waals surface area contributed by atoms with Crippen molar-refractivity contribution in [2.45, 2.75) is 26.0 Å². The summed E-state index contributed by atoms with van der Waals surface area (Å²) in [6.07, 6.45) is 0.00364. The molecular weight excluding hydrogens is 510 g/mol. The Balaban J connectivity index is 1.61. The summed E-state index contributed by atoms with van der Waals surface area (Å²) in [6, 6.07) is 22.3. The summed E-state index contributed by atoms with van der Waals surface area (Å²) in [5, 5.41) is 11.7. The van der Waals surface area contributed by atoms with Gasteiger partial charge in [0.25, 0.3) is 5.91 Å². The summed E-state index contributed by atoms with van der Waals surface area (Å²) < 4.78 is 12.4. The lowest BCUT2D eigenvalue weighted by molar-refractivity contribution is -0.117. The molecule has 1 aromatic heterocycles. The Hall–Kier alpha value is -3.84. The summed E-state index contributed by atoms with van der Waals surface area (Å²) in [4.78, 5) is 28.4. The summed E-state index contributed by atoms with van der Waals surface area (Å²) in [7, 11) is 0. The maximum Gasteiger partial charge on any atom is 0.294 e. The van der Waals surface area contributed by atoms with Gasteiger partial charge in [0.2, 0.25) is 5.78 Å². The predicted molar refractivity (Wildman–Crippen MR) is 137 cm³/mol. The number of aliphatic hydroxyl groups is 1. The Labute approximate surface area is 210 Å². The van der Waals surface area contributed by atoms with Gasteiger partial charge in [0, 0.05) is 15.5 Å². The molecule has 1 aliphatic rings. The summed E-state index contributed by atoms with van der Waals surface area (Å²) in [5.41, 5.74) is 1.72. The van der Waals surface area contributed by atoms with Gasteiger partial charge in [-0.1, -0.05) is 46.3 Å². The molecule has 0 saturated heterocycles. The van der Waals surface area contributed by atoms with Crippen LogP contribution in [0.2, 0.25) is 0 Å². The molecule has 0 spiro atoms. The van der Waals surface area contributed by atoms with E-state index >= 15 is 0 Å². The van der Waals surface area contributed by atoms with Crippen molar-refractivity contribution >= 4 is 44.3 Å². The van der Waals surface area contributed by atoms with Crippen molar-refractivity contribution in [1.82, 2.24) is 0 Å². The predicted octanol–water partition coefficient (Wildman–Crippen LogP) is 6.77. The third-order valence-electron chi connectivity index (χ3n) is 5.76. The van der Waals surface area contributed by atoms with Crippen molar-refractivity contribution in [3.05, 3.63) is 106 Å². The fraction of sp³-hybridized carbons (Fsp3) is 0.143. The number of nitrogens with zero attached hydrogens (tertiary/aromatic N) is 1. The Morgan fingerprint density at radius 1 is 1.03 bits per heavy atom. The van der Waals surface area contributed by atoms with Crippen molar-refractivity contribution in [2.75, 3.05) is 4.90 Å². The molecule has 1 N–H and O–H groups in total. The van der Waals surface area contributed by atoms with Crippen LogP contribution in [0.5, 0.6) is 5.75 Å². The third-order valence-corrected chi connectivity index (χ3v) is 6.25. The first-order valence-electron chi connectivity index (χ1n) is 11.2. The van der Waals surface area contributed by atoms with E-state index in [0.29, 0.717) is 22.6 Å². The largest absolute Gasteiger partial charge is 0.503 e. The molecule has 1 aliphatic heterocycles. The van der Waals surface area contributed by atoms with E-state index in [1.807, 2.05) is 32.0 Å². The molecule has 176 valence electrons. The smallest absolute Gasteiger partial charge is 0.294 e. The zero-order valence-electron chi connectivity index (χ0n) is 19.1. The molecule has 2 heterocycles. The molecule has 1 unspecified atom stereocenters. The van der Waals surface area contributed by atoms with Gasteiger partial charge in [0.1, 0.15) is 11.3 Å². The SMILES string of the molecule is CC(C)Oc1ccc(C2C(C(=O)c3cc4cc(Br)ccc4o3)=C(O)C(=O)N2c2ccccc2)cc1. The van der Waals surface area contributed by atoms with Crippen LogP contribution in [0.3, 0.4) is 0 Å². The minimum atomic E-state index is -0.842. The van der Waals surface area contributed by atoms with Gasteiger partial charge in [-0.05, 0) is 67.9 Å². The molecular formula is C28H22BrNO5. The van der Waals surface area contributed by atoms with E-state index in [2.05, 4.69) is 15.9 Å². The highest BCUT2D eigenvalue weighted by Gasteiger charge is 2.45. The monoisotopic (exact) mass is 531 g/mol. The molecule has 7 heteroatoms. The Kier molecular flexibility index (Phi) is 5.94. The number of Topliss-reactive ketones (excluding diaryl/α,β-unsaturated/α-hetero) is 1. The Bertz CT molecular complexity index is 1450. The number of para-hydroxylation sites is 1. The number of ether oxygens (including phenoxy) is 1. The van der Waals surface area contributed by atoms with Crippen molar-refractivity contribution in [2.24, 2.45) is 0 Å². The van der Waals surface area contributed by atoms with Crippen LogP contribution >= 0.6 is 15.9 Å². The number of aliphatic hydroxyl groups excluding tert-OH is 1. The van der Waals surface area contributed by atoms with Crippen LogP contribution < -0.4 is 9.64 Å². The van der Waals surface area contributed by atoms with Gasteiger partial charge in [-0.3, -0.25) is 14.5 Å². The molecule has 6 nitrogen and oxygen atoms in total. The molecule has 4 aromatic rings. The van der Waals surface area contributed by atoms with Gasteiger partial charge >= 0.3 is 0 Å². The van der Waals surface area contributed by atoms with Crippen LogP contribution in [0.4, 0.5) is 5.69 Å². The van der Waals surface area contributed by atoms with E-state index in [1.54, 1.807) is 60.7 Å². The molecule has 1 atom stereocenters. The summed E-state index contributed by atoms with van der Waals surface area (Å²) >= 11 is 3.42. The van der Waals surface area contributed by atoms with E-state index in [-0.39, 0.29) is 17.4 Å². The fourth-order valence-electron chi connectivity index (χ4n) is 4.27. The number of carbonyl (C=O) groups excluding carboxylic acids is 2. The zero-order valence-corrected chi connectivity index (χ0v) is 20.7. The topological polar surface area (TPSA) is 80.0 Å². The molecule has 0 saturated carbocycles. The second-order valence-electron chi connectivity index (χ2n) is 8.53. The standard InChI is InChI=1S/C28H22BrNO5/c1-16(2)34-21-11-8-17(9-12-21)25-24(27(32)28(33)30(25)20-6-4-3-5-7-20)26(31)23-15-18-14-19(29)10-13-22(18)35-23/h3-16,25,32H,1-2H3. The van der Waals surface area contributed by atoms with Crippen molar-refractivity contribution in [3.8, 4) is 5.75 Å². The third kappa shape index (κ3) is 4.23. The van der Waals surface area contributed by atoms with Crippen LogP contribution in [-0.2, 0) is 4.79 Å². The number of benzene rings is 3. The van der Waals surface area contributed by atoms with Gasteiger partial charge in [-0.25, -0.2) is 0 Å².